The molecule has 2 rings (SSSR count). The lowest BCUT2D eigenvalue weighted by Gasteiger charge is -2.24. The van der Waals surface area contributed by atoms with Crippen LogP contribution in [0.1, 0.15) is 32.1 Å². The molecule has 6 heteroatoms. The smallest absolute Gasteiger partial charge is 0.203 e. The molecule has 1 saturated carbocycles. The quantitative estimate of drug-likeness (QED) is 0.607. The Kier molecular flexibility index (Phi) is 3.63. The highest BCUT2D eigenvalue weighted by Gasteiger charge is 2.25. The van der Waals surface area contributed by atoms with Crippen molar-refractivity contribution in [3.8, 4) is 11.5 Å². The number of rotatable bonds is 2. The van der Waals surface area contributed by atoms with Crippen molar-refractivity contribution in [1.29, 1.82) is 0 Å². The van der Waals surface area contributed by atoms with Gasteiger partial charge in [-0.15, -0.1) is 0 Å². The molecule has 0 atom stereocenters. The minimum atomic E-state index is -1.94. The molecule has 1 aliphatic carbocycles. The van der Waals surface area contributed by atoms with E-state index in [1.807, 2.05) is 0 Å². The van der Waals surface area contributed by atoms with Gasteiger partial charge in [0.25, 0.3) is 0 Å². The molecule has 0 aromatic heterocycles. The predicted octanol–water partition coefficient (Wildman–Crippen LogP) is 3.03. The van der Waals surface area contributed by atoms with Crippen molar-refractivity contribution >= 4 is 0 Å². The molecule has 18 heavy (non-hydrogen) atoms. The third-order valence-corrected chi connectivity index (χ3v) is 3.02. The van der Waals surface area contributed by atoms with E-state index in [2.05, 4.69) is 0 Å². The standard InChI is InChI=1S/C12H12F4O2/c13-7-9(15)12(10(16)8(14)11(7)17)18-6-4-2-1-3-5-6/h6,17H,1-5H2/p-1. The fourth-order valence-corrected chi connectivity index (χ4v) is 2.04. The molecule has 1 aromatic carbocycles. The van der Waals surface area contributed by atoms with E-state index < -0.39 is 40.9 Å². The summed E-state index contributed by atoms with van der Waals surface area (Å²) < 4.78 is 57.7. The fourth-order valence-electron chi connectivity index (χ4n) is 2.04. The summed E-state index contributed by atoms with van der Waals surface area (Å²) in [5, 5.41) is 10.8. The Morgan fingerprint density at radius 3 is 1.83 bits per heavy atom. The van der Waals surface area contributed by atoms with Gasteiger partial charge in [-0.2, -0.15) is 8.78 Å². The number of benzene rings is 1. The van der Waals surface area contributed by atoms with Crippen molar-refractivity contribution in [2.75, 3.05) is 0 Å². The monoisotopic (exact) mass is 263 g/mol. The lowest BCUT2D eigenvalue weighted by Crippen LogP contribution is -2.22. The second-order valence-corrected chi connectivity index (χ2v) is 4.29. The zero-order chi connectivity index (χ0) is 13.3. The lowest BCUT2D eigenvalue weighted by atomic mass is 9.98. The fraction of sp³-hybridized carbons (Fsp3) is 0.500. The van der Waals surface area contributed by atoms with E-state index in [1.54, 1.807) is 0 Å². The Morgan fingerprint density at radius 1 is 0.833 bits per heavy atom. The summed E-state index contributed by atoms with van der Waals surface area (Å²) in [5.41, 5.74) is 0. The van der Waals surface area contributed by atoms with Crippen molar-refractivity contribution in [1.82, 2.24) is 0 Å². The van der Waals surface area contributed by atoms with Gasteiger partial charge in [0.2, 0.25) is 11.6 Å². The summed E-state index contributed by atoms with van der Waals surface area (Å²) in [4.78, 5) is 0. The van der Waals surface area contributed by atoms with Crippen molar-refractivity contribution in [2.24, 2.45) is 0 Å². The van der Waals surface area contributed by atoms with Gasteiger partial charge in [0.15, 0.2) is 17.4 Å². The molecule has 1 aromatic rings. The average Bonchev–Trinajstić information content (AvgIpc) is 2.40. The van der Waals surface area contributed by atoms with Crippen molar-refractivity contribution in [3.63, 3.8) is 0 Å². The molecule has 0 radical (unpaired) electrons. The molecular weight excluding hydrogens is 252 g/mol. The zero-order valence-electron chi connectivity index (χ0n) is 9.44. The topological polar surface area (TPSA) is 32.3 Å². The van der Waals surface area contributed by atoms with Gasteiger partial charge >= 0.3 is 0 Å². The summed E-state index contributed by atoms with van der Waals surface area (Å²) in [6.45, 7) is 0. The first-order valence-corrected chi connectivity index (χ1v) is 5.72. The Hall–Kier alpha value is -1.46. The van der Waals surface area contributed by atoms with Gasteiger partial charge < -0.3 is 9.84 Å². The van der Waals surface area contributed by atoms with E-state index in [4.69, 9.17) is 4.74 Å². The van der Waals surface area contributed by atoms with Crippen LogP contribution >= 0.6 is 0 Å². The zero-order valence-corrected chi connectivity index (χ0v) is 9.44. The molecule has 0 aliphatic heterocycles. The Morgan fingerprint density at radius 2 is 1.33 bits per heavy atom. The number of ether oxygens (including phenoxy) is 1. The van der Waals surface area contributed by atoms with Crippen molar-refractivity contribution < 1.29 is 27.4 Å². The SMILES string of the molecule is [O-]c1c(F)c(F)c(OC2CCCCC2)c(F)c1F. The molecule has 0 unspecified atom stereocenters. The third-order valence-electron chi connectivity index (χ3n) is 3.02. The Balaban J connectivity index is 2.32. The van der Waals surface area contributed by atoms with Gasteiger partial charge in [-0.3, -0.25) is 0 Å². The summed E-state index contributed by atoms with van der Waals surface area (Å²) >= 11 is 0. The molecule has 0 spiro atoms. The summed E-state index contributed by atoms with van der Waals surface area (Å²) in [6, 6.07) is 0. The first-order valence-electron chi connectivity index (χ1n) is 5.72. The molecular formula is C12H11F4O2-. The normalized spacial score (nSPS) is 16.9. The van der Waals surface area contributed by atoms with E-state index in [0.29, 0.717) is 12.8 Å². The van der Waals surface area contributed by atoms with Crippen LogP contribution in [-0.2, 0) is 0 Å². The van der Waals surface area contributed by atoms with E-state index in [0.717, 1.165) is 19.3 Å². The average molecular weight is 263 g/mol. The first kappa shape index (κ1) is 13.0. The van der Waals surface area contributed by atoms with E-state index in [1.165, 1.54) is 0 Å². The van der Waals surface area contributed by atoms with Gasteiger partial charge in [0.05, 0.1) is 6.10 Å². The maximum Gasteiger partial charge on any atom is 0.203 e. The van der Waals surface area contributed by atoms with E-state index in [-0.39, 0.29) is 0 Å². The van der Waals surface area contributed by atoms with Crippen LogP contribution < -0.4 is 9.84 Å². The minimum Gasteiger partial charge on any atom is -0.868 e. The Bertz CT molecular complexity index is 427. The number of hydrogen-bond donors (Lipinski definition) is 0. The molecule has 0 heterocycles. The molecule has 0 saturated heterocycles. The molecule has 0 N–H and O–H groups in total. The lowest BCUT2D eigenvalue weighted by molar-refractivity contribution is -0.277. The van der Waals surface area contributed by atoms with Gasteiger partial charge in [0, 0.05) is 0 Å². The Labute approximate surface area is 101 Å². The summed E-state index contributed by atoms with van der Waals surface area (Å²) in [5.74, 6) is -10.5. The molecule has 1 aliphatic rings. The number of halogens is 4. The van der Waals surface area contributed by atoms with Gasteiger partial charge in [-0.05, 0) is 31.4 Å². The van der Waals surface area contributed by atoms with Crippen LogP contribution in [0.15, 0.2) is 0 Å². The summed E-state index contributed by atoms with van der Waals surface area (Å²) in [6.07, 6.45) is 3.33. The molecule has 1 fully saturated rings. The minimum absolute atomic E-state index is 0.473. The van der Waals surface area contributed by atoms with Crippen LogP contribution in [0, 0.1) is 23.3 Å². The molecule has 0 bridgehead atoms. The third kappa shape index (κ3) is 2.23. The predicted molar refractivity (Wildman–Crippen MR) is 53.2 cm³/mol. The summed E-state index contributed by atoms with van der Waals surface area (Å²) in [7, 11) is 0. The van der Waals surface area contributed by atoms with Crippen LogP contribution in [0.5, 0.6) is 11.5 Å². The van der Waals surface area contributed by atoms with Crippen LogP contribution in [0.25, 0.3) is 0 Å². The molecule has 2 nitrogen and oxygen atoms in total. The van der Waals surface area contributed by atoms with Crippen LogP contribution in [-0.4, -0.2) is 6.10 Å². The molecule has 0 amide bonds. The van der Waals surface area contributed by atoms with Crippen LogP contribution in [0.2, 0.25) is 0 Å². The highest BCUT2D eigenvalue weighted by Crippen LogP contribution is 2.34. The number of hydrogen-bond acceptors (Lipinski definition) is 2. The van der Waals surface area contributed by atoms with Crippen molar-refractivity contribution in [2.45, 2.75) is 38.2 Å². The highest BCUT2D eigenvalue weighted by atomic mass is 19.2. The van der Waals surface area contributed by atoms with Crippen LogP contribution in [0.3, 0.4) is 0 Å². The van der Waals surface area contributed by atoms with Gasteiger partial charge in [-0.25, -0.2) is 8.78 Å². The first-order chi connectivity index (χ1) is 8.52. The van der Waals surface area contributed by atoms with Gasteiger partial charge in [0.1, 0.15) is 0 Å². The molecule has 100 valence electrons. The van der Waals surface area contributed by atoms with Crippen molar-refractivity contribution in [3.05, 3.63) is 23.3 Å². The van der Waals surface area contributed by atoms with E-state index >= 15 is 0 Å². The van der Waals surface area contributed by atoms with Crippen LogP contribution in [0.4, 0.5) is 17.6 Å². The second kappa shape index (κ2) is 5.04. The largest absolute Gasteiger partial charge is 0.868 e. The second-order valence-electron chi connectivity index (χ2n) is 4.29. The van der Waals surface area contributed by atoms with Gasteiger partial charge in [-0.1, -0.05) is 6.42 Å². The maximum atomic E-state index is 13.4. The maximum absolute atomic E-state index is 13.4. The van der Waals surface area contributed by atoms with E-state index in [9.17, 15) is 22.7 Å². The highest BCUT2D eigenvalue weighted by molar-refractivity contribution is 5.36.